The fourth-order valence-electron chi connectivity index (χ4n) is 1.90. The van der Waals surface area contributed by atoms with Crippen molar-refractivity contribution < 1.29 is 0 Å². The lowest BCUT2D eigenvalue weighted by atomic mass is 10.1. The van der Waals surface area contributed by atoms with E-state index in [2.05, 4.69) is 34.1 Å². The zero-order valence-corrected chi connectivity index (χ0v) is 10.2. The molecule has 15 heavy (non-hydrogen) atoms. The van der Waals surface area contributed by atoms with Crippen LogP contribution < -0.4 is 5.32 Å². The molecular formula is C10H18N4S. The van der Waals surface area contributed by atoms with Gasteiger partial charge in [-0.2, -0.15) is 16.9 Å². The average molecular weight is 226 g/mol. The number of thioether (sulfide) groups is 1. The van der Waals surface area contributed by atoms with Gasteiger partial charge in [-0.1, -0.05) is 0 Å². The Hall–Kier alpha value is -0.550. The summed E-state index contributed by atoms with van der Waals surface area (Å²) in [6.45, 7) is 4.21. The number of aromatic nitrogens is 3. The van der Waals surface area contributed by atoms with Crippen LogP contribution in [0, 0.1) is 0 Å². The zero-order valence-electron chi connectivity index (χ0n) is 9.36. The first-order valence-corrected chi connectivity index (χ1v) is 6.36. The van der Waals surface area contributed by atoms with Crippen LogP contribution in [0.15, 0.2) is 6.33 Å². The minimum absolute atomic E-state index is 0.429. The number of hydrogen-bond acceptors (Lipinski definition) is 4. The van der Waals surface area contributed by atoms with Crippen LogP contribution in [0.5, 0.6) is 0 Å². The van der Waals surface area contributed by atoms with Gasteiger partial charge in [0.15, 0.2) is 0 Å². The second kappa shape index (κ2) is 4.53. The summed E-state index contributed by atoms with van der Waals surface area (Å²) in [5.74, 6) is 2.31. The third-order valence-electron chi connectivity index (χ3n) is 2.89. The lowest BCUT2D eigenvalue weighted by molar-refractivity contribution is 0.521. The van der Waals surface area contributed by atoms with E-state index in [1.807, 2.05) is 11.7 Å². The largest absolute Gasteiger partial charge is 0.308 e. The summed E-state index contributed by atoms with van der Waals surface area (Å²) in [5.41, 5.74) is 0. The molecule has 0 aromatic carbocycles. The Balaban J connectivity index is 1.77. The van der Waals surface area contributed by atoms with Crippen molar-refractivity contribution in [2.45, 2.75) is 31.1 Å². The highest BCUT2D eigenvalue weighted by atomic mass is 32.2. The third-order valence-corrected chi connectivity index (χ3v) is 4.43. The molecule has 2 heterocycles. The first-order chi connectivity index (χ1) is 7.20. The van der Waals surface area contributed by atoms with E-state index < -0.39 is 0 Å². The number of nitrogens with one attached hydrogen (secondary N) is 1. The Morgan fingerprint density at radius 2 is 2.53 bits per heavy atom. The van der Waals surface area contributed by atoms with E-state index >= 15 is 0 Å². The van der Waals surface area contributed by atoms with Gasteiger partial charge < -0.3 is 5.32 Å². The summed E-state index contributed by atoms with van der Waals surface area (Å²) >= 11 is 2.08. The van der Waals surface area contributed by atoms with Crippen LogP contribution in [0.4, 0.5) is 0 Å². The summed E-state index contributed by atoms with van der Waals surface area (Å²) in [5, 5.41) is 7.51. The summed E-state index contributed by atoms with van der Waals surface area (Å²) in [6, 6.07) is 0. The van der Waals surface area contributed by atoms with Crippen LogP contribution in [0.3, 0.4) is 0 Å². The Labute approximate surface area is 94.8 Å². The highest BCUT2D eigenvalue weighted by Crippen LogP contribution is 2.36. The van der Waals surface area contributed by atoms with E-state index in [-0.39, 0.29) is 0 Å². The van der Waals surface area contributed by atoms with Crippen molar-refractivity contribution in [1.29, 1.82) is 0 Å². The SMILES string of the molecule is Cn1ncnc1CNCC1(C)CCCS1. The van der Waals surface area contributed by atoms with Gasteiger partial charge in [-0.3, -0.25) is 4.68 Å². The molecule has 0 amide bonds. The Morgan fingerprint density at radius 3 is 3.13 bits per heavy atom. The molecule has 0 radical (unpaired) electrons. The molecule has 0 saturated carbocycles. The second-order valence-electron chi connectivity index (χ2n) is 4.31. The van der Waals surface area contributed by atoms with Gasteiger partial charge >= 0.3 is 0 Å². The molecule has 1 unspecified atom stereocenters. The summed E-state index contributed by atoms with van der Waals surface area (Å²) < 4.78 is 2.25. The lowest BCUT2D eigenvalue weighted by Crippen LogP contribution is -2.33. The van der Waals surface area contributed by atoms with Crippen molar-refractivity contribution in [3.05, 3.63) is 12.2 Å². The molecule has 1 aromatic rings. The van der Waals surface area contributed by atoms with E-state index in [4.69, 9.17) is 0 Å². The normalized spacial score (nSPS) is 26.0. The fourth-order valence-corrected chi connectivity index (χ4v) is 3.17. The van der Waals surface area contributed by atoms with E-state index in [0.29, 0.717) is 4.75 Å². The predicted octanol–water partition coefficient (Wildman–Crippen LogP) is 1.19. The number of hydrogen-bond donors (Lipinski definition) is 1. The van der Waals surface area contributed by atoms with Crippen molar-refractivity contribution in [1.82, 2.24) is 20.1 Å². The van der Waals surface area contributed by atoms with Crippen LogP contribution >= 0.6 is 11.8 Å². The molecule has 0 spiro atoms. The zero-order chi connectivity index (χ0) is 10.7. The molecule has 1 saturated heterocycles. The number of aryl methyl sites for hydroxylation is 1. The smallest absolute Gasteiger partial charge is 0.140 e. The molecule has 2 rings (SSSR count). The molecule has 0 bridgehead atoms. The fraction of sp³-hybridized carbons (Fsp3) is 0.800. The number of nitrogens with zero attached hydrogens (tertiary/aromatic N) is 3. The van der Waals surface area contributed by atoms with Gasteiger partial charge in [-0.05, 0) is 25.5 Å². The van der Waals surface area contributed by atoms with Crippen molar-refractivity contribution in [3.63, 3.8) is 0 Å². The molecule has 1 fully saturated rings. The molecular weight excluding hydrogens is 208 g/mol. The Bertz CT molecular complexity index is 317. The molecule has 4 nitrogen and oxygen atoms in total. The molecule has 1 N–H and O–H groups in total. The minimum Gasteiger partial charge on any atom is -0.308 e. The predicted molar refractivity (Wildman–Crippen MR) is 62.8 cm³/mol. The van der Waals surface area contributed by atoms with Gasteiger partial charge in [0.25, 0.3) is 0 Å². The summed E-state index contributed by atoms with van der Waals surface area (Å²) in [4.78, 5) is 4.19. The van der Waals surface area contributed by atoms with Crippen molar-refractivity contribution in [3.8, 4) is 0 Å². The van der Waals surface area contributed by atoms with Crippen molar-refractivity contribution in [2.24, 2.45) is 7.05 Å². The van der Waals surface area contributed by atoms with Crippen molar-refractivity contribution in [2.75, 3.05) is 12.3 Å². The van der Waals surface area contributed by atoms with E-state index in [0.717, 1.165) is 18.9 Å². The van der Waals surface area contributed by atoms with Crippen LogP contribution in [0.1, 0.15) is 25.6 Å². The van der Waals surface area contributed by atoms with Gasteiger partial charge in [0, 0.05) is 18.3 Å². The first-order valence-electron chi connectivity index (χ1n) is 5.37. The summed E-state index contributed by atoms with van der Waals surface area (Å²) in [6.07, 6.45) is 4.28. The lowest BCUT2D eigenvalue weighted by Gasteiger charge is -2.22. The number of rotatable bonds is 4. The van der Waals surface area contributed by atoms with Gasteiger partial charge in [-0.15, -0.1) is 0 Å². The van der Waals surface area contributed by atoms with Crippen LogP contribution in [0.2, 0.25) is 0 Å². The maximum absolute atomic E-state index is 4.19. The van der Waals surface area contributed by atoms with Gasteiger partial charge in [-0.25, -0.2) is 4.98 Å². The topological polar surface area (TPSA) is 42.7 Å². The molecule has 0 aliphatic carbocycles. The van der Waals surface area contributed by atoms with Gasteiger partial charge in [0.1, 0.15) is 12.2 Å². The maximum Gasteiger partial charge on any atom is 0.140 e. The third kappa shape index (κ3) is 2.72. The standard InChI is InChI=1S/C10H18N4S/c1-10(4-3-5-15-10)7-11-6-9-12-8-13-14(9)2/h8,11H,3-7H2,1-2H3. The molecule has 1 aliphatic rings. The van der Waals surface area contributed by atoms with Gasteiger partial charge in [0.05, 0.1) is 6.54 Å². The first kappa shape index (κ1) is 11.0. The van der Waals surface area contributed by atoms with Crippen LogP contribution in [-0.4, -0.2) is 31.8 Å². The molecule has 1 aromatic heterocycles. The van der Waals surface area contributed by atoms with Gasteiger partial charge in [0.2, 0.25) is 0 Å². The van der Waals surface area contributed by atoms with Crippen LogP contribution in [0.25, 0.3) is 0 Å². The summed E-state index contributed by atoms with van der Waals surface area (Å²) in [7, 11) is 1.93. The average Bonchev–Trinajstić information content (AvgIpc) is 2.78. The monoisotopic (exact) mass is 226 g/mol. The Morgan fingerprint density at radius 1 is 1.67 bits per heavy atom. The highest BCUT2D eigenvalue weighted by molar-refractivity contribution is 8.00. The Kier molecular flexibility index (Phi) is 3.31. The quantitative estimate of drug-likeness (QED) is 0.837. The molecule has 1 atom stereocenters. The van der Waals surface area contributed by atoms with Crippen LogP contribution in [-0.2, 0) is 13.6 Å². The van der Waals surface area contributed by atoms with E-state index in [9.17, 15) is 0 Å². The van der Waals surface area contributed by atoms with E-state index in [1.54, 1.807) is 6.33 Å². The van der Waals surface area contributed by atoms with Crippen molar-refractivity contribution >= 4 is 11.8 Å². The highest BCUT2D eigenvalue weighted by Gasteiger charge is 2.28. The second-order valence-corrected chi connectivity index (χ2v) is 5.99. The van der Waals surface area contributed by atoms with E-state index in [1.165, 1.54) is 18.6 Å². The molecule has 1 aliphatic heterocycles. The molecule has 84 valence electrons. The maximum atomic E-state index is 4.19. The minimum atomic E-state index is 0.429. The molecule has 5 heteroatoms.